The standard InChI is InChI=1S/C15H18O3/c1-10(2)8-12-5-4-11(3)9-13(12)18-15(6-7-15)14(16)17/h4-5,8-9H,6-7H2,1-3H3,(H,16,17). The lowest BCUT2D eigenvalue weighted by molar-refractivity contribution is -0.147. The van der Waals surface area contributed by atoms with E-state index in [2.05, 4.69) is 0 Å². The number of carbonyl (C=O) groups is 1. The molecule has 1 aliphatic rings. The zero-order valence-corrected chi connectivity index (χ0v) is 11.0. The summed E-state index contributed by atoms with van der Waals surface area (Å²) >= 11 is 0. The van der Waals surface area contributed by atoms with E-state index in [9.17, 15) is 4.79 Å². The molecule has 0 heterocycles. The minimum Gasteiger partial charge on any atom is -0.478 e. The molecule has 3 heteroatoms. The molecule has 0 radical (unpaired) electrons. The van der Waals surface area contributed by atoms with Crippen LogP contribution >= 0.6 is 0 Å². The number of aryl methyl sites for hydroxylation is 1. The summed E-state index contributed by atoms with van der Waals surface area (Å²) in [7, 11) is 0. The molecule has 1 saturated carbocycles. The zero-order valence-electron chi connectivity index (χ0n) is 11.0. The summed E-state index contributed by atoms with van der Waals surface area (Å²) in [5.74, 6) is -0.205. The fourth-order valence-electron chi connectivity index (χ4n) is 1.84. The first-order valence-electron chi connectivity index (χ1n) is 6.11. The topological polar surface area (TPSA) is 46.5 Å². The van der Waals surface area contributed by atoms with Gasteiger partial charge in [0.15, 0.2) is 0 Å². The van der Waals surface area contributed by atoms with Gasteiger partial charge in [-0.05, 0) is 32.4 Å². The van der Waals surface area contributed by atoms with E-state index in [-0.39, 0.29) is 0 Å². The van der Waals surface area contributed by atoms with Gasteiger partial charge in [-0.3, -0.25) is 0 Å². The van der Waals surface area contributed by atoms with Crippen molar-refractivity contribution >= 4 is 12.0 Å². The van der Waals surface area contributed by atoms with E-state index in [1.54, 1.807) is 0 Å². The molecule has 1 N–H and O–H groups in total. The van der Waals surface area contributed by atoms with Crippen molar-refractivity contribution < 1.29 is 14.6 Å². The van der Waals surface area contributed by atoms with Crippen LogP contribution in [-0.4, -0.2) is 16.7 Å². The van der Waals surface area contributed by atoms with Crippen LogP contribution in [0.2, 0.25) is 0 Å². The highest BCUT2D eigenvalue weighted by Gasteiger charge is 2.53. The third kappa shape index (κ3) is 2.55. The van der Waals surface area contributed by atoms with Gasteiger partial charge in [0.25, 0.3) is 0 Å². The van der Waals surface area contributed by atoms with Crippen molar-refractivity contribution in [1.29, 1.82) is 0 Å². The van der Waals surface area contributed by atoms with Crippen LogP contribution in [-0.2, 0) is 4.79 Å². The third-order valence-corrected chi connectivity index (χ3v) is 3.01. The number of rotatable bonds is 4. The molecule has 96 valence electrons. The second kappa shape index (κ2) is 4.48. The summed E-state index contributed by atoms with van der Waals surface area (Å²) < 4.78 is 5.74. The smallest absolute Gasteiger partial charge is 0.348 e. The first kappa shape index (κ1) is 12.7. The van der Waals surface area contributed by atoms with Crippen molar-refractivity contribution in [2.75, 3.05) is 0 Å². The lowest BCUT2D eigenvalue weighted by atomic mass is 10.1. The third-order valence-electron chi connectivity index (χ3n) is 3.01. The molecule has 0 bridgehead atoms. The molecular formula is C15H18O3. The molecule has 1 aromatic carbocycles. The van der Waals surface area contributed by atoms with Crippen molar-refractivity contribution in [2.24, 2.45) is 0 Å². The second-order valence-electron chi connectivity index (χ2n) is 5.16. The monoisotopic (exact) mass is 246 g/mol. The van der Waals surface area contributed by atoms with Crippen LogP contribution in [0.25, 0.3) is 6.08 Å². The molecule has 1 aliphatic carbocycles. The number of ether oxygens (including phenoxy) is 1. The molecule has 0 spiro atoms. The summed E-state index contributed by atoms with van der Waals surface area (Å²) in [5, 5.41) is 9.17. The van der Waals surface area contributed by atoms with E-state index in [1.807, 2.05) is 45.0 Å². The average molecular weight is 246 g/mol. The molecule has 3 nitrogen and oxygen atoms in total. The summed E-state index contributed by atoms with van der Waals surface area (Å²) in [6, 6.07) is 5.87. The fraction of sp³-hybridized carbons (Fsp3) is 0.400. The zero-order chi connectivity index (χ0) is 13.3. The number of benzene rings is 1. The summed E-state index contributed by atoms with van der Waals surface area (Å²) in [4.78, 5) is 11.2. The maximum atomic E-state index is 11.2. The summed E-state index contributed by atoms with van der Waals surface area (Å²) in [6.07, 6.45) is 3.18. The maximum Gasteiger partial charge on any atom is 0.348 e. The van der Waals surface area contributed by atoms with E-state index in [0.29, 0.717) is 18.6 Å². The first-order chi connectivity index (χ1) is 8.43. The predicted octanol–water partition coefficient (Wildman–Crippen LogP) is 3.41. The van der Waals surface area contributed by atoms with Crippen LogP contribution in [0.1, 0.15) is 37.8 Å². The van der Waals surface area contributed by atoms with Crippen molar-refractivity contribution in [3.8, 4) is 5.75 Å². The SMILES string of the molecule is CC(C)=Cc1ccc(C)cc1OC1(C(=O)O)CC1. The second-order valence-corrected chi connectivity index (χ2v) is 5.16. The molecule has 0 atom stereocenters. The number of allylic oxidation sites excluding steroid dienone is 1. The minimum atomic E-state index is -0.988. The van der Waals surface area contributed by atoms with Gasteiger partial charge >= 0.3 is 5.97 Å². The highest BCUT2D eigenvalue weighted by atomic mass is 16.5. The molecule has 1 fully saturated rings. The molecule has 0 aliphatic heterocycles. The van der Waals surface area contributed by atoms with Crippen LogP contribution < -0.4 is 4.74 Å². The highest BCUT2D eigenvalue weighted by Crippen LogP contribution is 2.41. The molecule has 18 heavy (non-hydrogen) atoms. The highest BCUT2D eigenvalue weighted by molar-refractivity contribution is 5.81. The van der Waals surface area contributed by atoms with E-state index in [0.717, 1.165) is 16.7 Å². The van der Waals surface area contributed by atoms with Gasteiger partial charge in [-0.1, -0.05) is 23.8 Å². The molecular weight excluding hydrogens is 228 g/mol. The molecule has 2 rings (SSSR count). The van der Waals surface area contributed by atoms with Crippen molar-refractivity contribution in [1.82, 2.24) is 0 Å². The molecule has 0 aromatic heterocycles. The Morgan fingerprint density at radius 1 is 1.39 bits per heavy atom. The Hall–Kier alpha value is -1.77. The van der Waals surface area contributed by atoms with Gasteiger partial charge in [-0.2, -0.15) is 0 Å². The Bertz CT molecular complexity index is 506. The van der Waals surface area contributed by atoms with Gasteiger partial charge in [0, 0.05) is 18.4 Å². The number of hydrogen-bond donors (Lipinski definition) is 1. The largest absolute Gasteiger partial charge is 0.478 e. The van der Waals surface area contributed by atoms with Crippen LogP contribution in [0.15, 0.2) is 23.8 Å². The fourth-order valence-corrected chi connectivity index (χ4v) is 1.84. The van der Waals surface area contributed by atoms with Gasteiger partial charge in [0.1, 0.15) is 5.75 Å². The lowest BCUT2D eigenvalue weighted by Gasteiger charge is -2.16. The normalized spacial score (nSPS) is 15.9. The average Bonchev–Trinajstić information content (AvgIpc) is 3.03. The summed E-state index contributed by atoms with van der Waals surface area (Å²) in [5.41, 5.74) is 2.17. The van der Waals surface area contributed by atoms with Gasteiger partial charge in [-0.25, -0.2) is 4.79 Å². The van der Waals surface area contributed by atoms with Crippen molar-refractivity contribution in [2.45, 2.75) is 39.2 Å². The van der Waals surface area contributed by atoms with E-state index >= 15 is 0 Å². The van der Waals surface area contributed by atoms with E-state index in [1.165, 1.54) is 0 Å². The number of carboxylic acids is 1. The van der Waals surface area contributed by atoms with Gasteiger partial charge < -0.3 is 9.84 Å². The van der Waals surface area contributed by atoms with E-state index < -0.39 is 11.6 Å². The minimum absolute atomic E-state index is 0.588. The van der Waals surface area contributed by atoms with Gasteiger partial charge in [0.2, 0.25) is 5.60 Å². The number of aliphatic carboxylic acids is 1. The maximum absolute atomic E-state index is 11.2. The lowest BCUT2D eigenvalue weighted by Crippen LogP contribution is -2.29. The molecule has 0 unspecified atom stereocenters. The molecule has 0 amide bonds. The predicted molar refractivity (Wildman–Crippen MR) is 70.7 cm³/mol. The molecule has 0 saturated heterocycles. The van der Waals surface area contributed by atoms with Crippen LogP contribution in [0.5, 0.6) is 5.75 Å². The van der Waals surface area contributed by atoms with Gasteiger partial charge in [0.05, 0.1) is 0 Å². The van der Waals surface area contributed by atoms with Crippen molar-refractivity contribution in [3.63, 3.8) is 0 Å². The Morgan fingerprint density at radius 3 is 2.56 bits per heavy atom. The van der Waals surface area contributed by atoms with Crippen LogP contribution in [0.3, 0.4) is 0 Å². The Morgan fingerprint density at radius 2 is 2.06 bits per heavy atom. The first-order valence-corrected chi connectivity index (χ1v) is 6.11. The Labute approximate surface area is 107 Å². The molecule has 1 aromatic rings. The number of carboxylic acid groups (broad SMARTS) is 1. The Balaban J connectivity index is 2.34. The summed E-state index contributed by atoms with van der Waals surface area (Å²) in [6.45, 7) is 5.99. The number of hydrogen-bond acceptors (Lipinski definition) is 2. The quantitative estimate of drug-likeness (QED) is 0.885. The van der Waals surface area contributed by atoms with Crippen LogP contribution in [0, 0.1) is 6.92 Å². The van der Waals surface area contributed by atoms with E-state index in [4.69, 9.17) is 9.84 Å². The van der Waals surface area contributed by atoms with Gasteiger partial charge in [-0.15, -0.1) is 0 Å². The van der Waals surface area contributed by atoms with Crippen LogP contribution in [0.4, 0.5) is 0 Å². The Kier molecular flexibility index (Phi) is 3.16. The van der Waals surface area contributed by atoms with Crippen molar-refractivity contribution in [3.05, 3.63) is 34.9 Å².